The third-order valence-corrected chi connectivity index (χ3v) is 1.60. The monoisotopic (exact) mass is 206 g/mol. The van der Waals surface area contributed by atoms with Crippen LogP contribution in [0.15, 0.2) is 0 Å². The molecule has 0 aliphatic carbocycles. The number of hydrogen-bond donors (Lipinski definition) is 2. The quantitative estimate of drug-likeness (QED) is 0.607. The van der Waals surface area contributed by atoms with Crippen LogP contribution in [0.4, 0.5) is 0 Å². The van der Waals surface area contributed by atoms with Crippen molar-refractivity contribution in [1.82, 2.24) is 0 Å². The Morgan fingerprint density at radius 2 is 1.29 bits per heavy atom. The first kappa shape index (κ1) is 12.9. The standard InChI is InChI=1S/C8H14O6/c1-5(13-3-7(9)10)6(2)14-4-8(11)12/h5-6H,3-4H2,1-2H3,(H,9,10)(H,11,12)/t5-,6-/m1/s1. The van der Waals surface area contributed by atoms with Crippen molar-refractivity contribution in [3.8, 4) is 0 Å². The lowest BCUT2D eigenvalue weighted by Crippen LogP contribution is -2.30. The van der Waals surface area contributed by atoms with E-state index in [1.54, 1.807) is 13.8 Å². The molecule has 82 valence electrons. The van der Waals surface area contributed by atoms with Gasteiger partial charge in [0.25, 0.3) is 0 Å². The number of rotatable bonds is 7. The number of aliphatic carboxylic acids is 2. The van der Waals surface area contributed by atoms with Crippen molar-refractivity contribution in [3.05, 3.63) is 0 Å². The van der Waals surface area contributed by atoms with Gasteiger partial charge in [0, 0.05) is 0 Å². The molecule has 0 aliphatic rings. The highest BCUT2D eigenvalue weighted by atomic mass is 16.6. The Kier molecular flexibility index (Phi) is 5.82. The lowest BCUT2D eigenvalue weighted by Gasteiger charge is -2.19. The first-order valence-electron chi connectivity index (χ1n) is 4.10. The highest BCUT2D eigenvalue weighted by Crippen LogP contribution is 2.02. The van der Waals surface area contributed by atoms with E-state index in [9.17, 15) is 9.59 Å². The molecule has 0 aromatic heterocycles. The van der Waals surface area contributed by atoms with E-state index in [2.05, 4.69) is 0 Å². The SMILES string of the molecule is C[C@@H](OCC(=O)O)[C@@H](C)OCC(=O)O. The van der Waals surface area contributed by atoms with Crippen LogP contribution in [0.5, 0.6) is 0 Å². The molecular formula is C8H14O6. The van der Waals surface area contributed by atoms with E-state index in [4.69, 9.17) is 19.7 Å². The Labute approximate surface area is 81.4 Å². The maximum absolute atomic E-state index is 10.1. The molecule has 0 rings (SSSR count). The normalized spacial score (nSPS) is 14.7. The second-order valence-electron chi connectivity index (χ2n) is 2.82. The van der Waals surface area contributed by atoms with E-state index < -0.39 is 37.4 Å². The number of ether oxygens (including phenoxy) is 2. The number of carboxylic acid groups (broad SMARTS) is 2. The third kappa shape index (κ3) is 6.38. The second-order valence-corrected chi connectivity index (χ2v) is 2.82. The molecule has 0 fully saturated rings. The fraction of sp³-hybridized carbons (Fsp3) is 0.750. The van der Waals surface area contributed by atoms with Gasteiger partial charge in [-0.3, -0.25) is 0 Å². The van der Waals surface area contributed by atoms with E-state index in [0.717, 1.165) is 0 Å². The van der Waals surface area contributed by atoms with Crippen LogP contribution >= 0.6 is 0 Å². The Bertz CT molecular complexity index is 180. The van der Waals surface area contributed by atoms with Gasteiger partial charge in [0.2, 0.25) is 0 Å². The van der Waals surface area contributed by atoms with Gasteiger partial charge in [-0.15, -0.1) is 0 Å². The highest BCUT2D eigenvalue weighted by Gasteiger charge is 2.15. The third-order valence-electron chi connectivity index (χ3n) is 1.60. The summed E-state index contributed by atoms with van der Waals surface area (Å²) in [5.41, 5.74) is 0. The van der Waals surface area contributed by atoms with Gasteiger partial charge in [-0.05, 0) is 13.8 Å². The highest BCUT2D eigenvalue weighted by molar-refractivity contribution is 5.68. The molecule has 0 aromatic rings. The van der Waals surface area contributed by atoms with Crippen molar-refractivity contribution >= 4 is 11.9 Å². The van der Waals surface area contributed by atoms with E-state index in [1.165, 1.54) is 0 Å². The zero-order chi connectivity index (χ0) is 11.1. The van der Waals surface area contributed by atoms with E-state index in [0.29, 0.717) is 0 Å². The summed E-state index contributed by atoms with van der Waals surface area (Å²) in [4.78, 5) is 20.3. The van der Waals surface area contributed by atoms with Crippen LogP contribution in [-0.2, 0) is 19.1 Å². The topological polar surface area (TPSA) is 93.1 Å². The zero-order valence-corrected chi connectivity index (χ0v) is 8.10. The van der Waals surface area contributed by atoms with Crippen LogP contribution < -0.4 is 0 Å². The van der Waals surface area contributed by atoms with Crippen molar-refractivity contribution < 1.29 is 29.3 Å². The summed E-state index contributed by atoms with van der Waals surface area (Å²) in [5.74, 6) is -2.13. The maximum Gasteiger partial charge on any atom is 0.329 e. The molecule has 0 saturated carbocycles. The lowest BCUT2D eigenvalue weighted by atomic mass is 10.2. The predicted octanol–water partition coefficient (Wildman–Crippen LogP) is -0.0342. The number of hydrogen-bond acceptors (Lipinski definition) is 4. The first-order chi connectivity index (χ1) is 6.43. The average Bonchev–Trinajstić information content (AvgIpc) is 2.09. The summed E-state index contributed by atoms with van der Waals surface area (Å²) in [6.07, 6.45) is -0.907. The van der Waals surface area contributed by atoms with Crippen LogP contribution in [0.1, 0.15) is 13.8 Å². The summed E-state index contributed by atoms with van der Waals surface area (Å²) < 4.78 is 9.76. The molecule has 0 radical (unpaired) electrons. The Morgan fingerprint density at radius 3 is 1.50 bits per heavy atom. The van der Waals surface area contributed by atoms with Crippen LogP contribution in [0.3, 0.4) is 0 Å². The van der Waals surface area contributed by atoms with Gasteiger partial charge >= 0.3 is 11.9 Å². The molecule has 0 aromatic carbocycles. The van der Waals surface area contributed by atoms with Gasteiger partial charge in [0.05, 0.1) is 12.2 Å². The average molecular weight is 206 g/mol. The molecule has 0 aliphatic heterocycles. The van der Waals surface area contributed by atoms with Gasteiger partial charge in [-0.1, -0.05) is 0 Å². The van der Waals surface area contributed by atoms with Crippen LogP contribution in [0.2, 0.25) is 0 Å². The predicted molar refractivity (Wildman–Crippen MR) is 46.1 cm³/mol. The summed E-state index contributed by atoms with van der Waals surface area (Å²) in [6.45, 7) is 2.41. The minimum Gasteiger partial charge on any atom is -0.480 e. The number of carboxylic acids is 2. The van der Waals surface area contributed by atoms with Gasteiger partial charge in [-0.25, -0.2) is 9.59 Å². The fourth-order valence-corrected chi connectivity index (χ4v) is 0.676. The zero-order valence-electron chi connectivity index (χ0n) is 8.10. The molecule has 0 unspecified atom stereocenters. The molecule has 0 saturated heterocycles. The minimum absolute atomic E-state index is 0.415. The van der Waals surface area contributed by atoms with E-state index >= 15 is 0 Å². The van der Waals surface area contributed by atoms with Gasteiger partial charge < -0.3 is 19.7 Å². The van der Waals surface area contributed by atoms with Crippen LogP contribution in [0, 0.1) is 0 Å². The smallest absolute Gasteiger partial charge is 0.329 e. The Balaban J connectivity index is 3.69. The fourth-order valence-electron chi connectivity index (χ4n) is 0.676. The van der Waals surface area contributed by atoms with Gasteiger partial charge in [-0.2, -0.15) is 0 Å². The molecule has 0 bridgehead atoms. The van der Waals surface area contributed by atoms with Crippen molar-refractivity contribution in [1.29, 1.82) is 0 Å². The molecule has 2 N–H and O–H groups in total. The maximum atomic E-state index is 10.1. The molecule has 0 spiro atoms. The summed E-state index contributed by atoms with van der Waals surface area (Å²) >= 11 is 0. The van der Waals surface area contributed by atoms with Crippen LogP contribution in [0.25, 0.3) is 0 Å². The molecule has 0 amide bonds. The number of carbonyl (C=O) groups is 2. The largest absolute Gasteiger partial charge is 0.480 e. The van der Waals surface area contributed by atoms with E-state index in [1.807, 2.05) is 0 Å². The van der Waals surface area contributed by atoms with Crippen molar-refractivity contribution in [2.45, 2.75) is 26.1 Å². The van der Waals surface area contributed by atoms with Crippen molar-refractivity contribution in [2.24, 2.45) is 0 Å². The lowest BCUT2D eigenvalue weighted by molar-refractivity contribution is -0.153. The molecule has 14 heavy (non-hydrogen) atoms. The first-order valence-corrected chi connectivity index (χ1v) is 4.10. The van der Waals surface area contributed by atoms with Crippen LogP contribution in [-0.4, -0.2) is 47.6 Å². The molecule has 6 heteroatoms. The van der Waals surface area contributed by atoms with E-state index in [-0.39, 0.29) is 0 Å². The molecular weight excluding hydrogens is 192 g/mol. The Hall–Kier alpha value is -1.14. The van der Waals surface area contributed by atoms with Crippen molar-refractivity contribution in [2.75, 3.05) is 13.2 Å². The Morgan fingerprint density at radius 1 is 1.00 bits per heavy atom. The van der Waals surface area contributed by atoms with Gasteiger partial charge in [0.1, 0.15) is 13.2 Å². The van der Waals surface area contributed by atoms with Gasteiger partial charge in [0.15, 0.2) is 0 Å². The van der Waals surface area contributed by atoms with Crippen molar-refractivity contribution in [3.63, 3.8) is 0 Å². The second kappa shape index (κ2) is 6.33. The summed E-state index contributed by atoms with van der Waals surface area (Å²) in [6, 6.07) is 0. The molecule has 6 nitrogen and oxygen atoms in total. The molecule has 0 heterocycles. The summed E-state index contributed by atoms with van der Waals surface area (Å²) in [5, 5.41) is 16.6. The summed E-state index contributed by atoms with van der Waals surface area (Å²) in [7, 11) is 0. The minimum atomic E-state index is -1.07. The molecule has 2 atom stereocenters.